The summed E-state index contributed by atoms with van der Waals surface area (Å²) in [5.74, 6) is 1.75. The molecule has 0 radical (unpaired) electrons. The first-order chi connectivity index (χ1) is 8.13. The molecule has 1 aliphatic carbocycles. The summed E-state index contributed by atoms with van der Waals surface area (Å²) in [7, 11) is 0. The van der Waals surface area contributed by atoms with Gasteiger partial charge >= 0.3 is 0 Å². The van der Waals surface area contributed by atoms with Gasteiger partial charge in [0.05, 0.1) is 0 Å². The van der Waals surface area contributed by atoms with Crippen molar-refractivity contribution in [2.24, 2.45) is 11.8 Å². The summed E-state index contributed by atoms with van der Waals surface area (Å²) in [6, 6.07) is 7.51. The monoisotopic (exact) mass is 231 g/mol. The van der Waals surface area contributed by atoms with E-state index in [-0.39, 0.29) is 0 Å². The van der Waals surface area contributed by atoms with Crippen molar-refractivity contribution in [3.63, 3.8) is 0 Å². The summed E-state index contributed by atoms with van der Waals surface area (Å²) >= 11 is 0. The number of benzene rings is 1. The molecular formula is C16H25N. The Morgan fingerprint density at radius 2 is 2.00 bits per heavy atom. The van der Waals surface area contributed by atoms with Crippen molar-refractivity contribution in [2.45, 2.75) is 46.6 Å². The zero-order valence-electron chi connectivity index (χ0n) is 11.6. The molecule has 94 valence electrons. The third kappa shape index (κ3) is 2.90. The minimum Gasteiger partial charge on any atom is -0.310 e. The fourth-order valence-electron chi connectivity index (χ4n) is 2.59. The second-order valence-corrected chi connectivity index (χ2v) is 5.65. The third-order valence-corrected chi connectivity index (χ3v) is 4.10. The average Bonchev–Trinajstić information content (AvgIpc) is 3.01. The van der Waals surface area contributed by atoms with Crippen LogP contribution in [0.3, 0.4) is 0 Å². The highest BCUT2D eigenvalue weighted by atomic mass is 14.9. The summed E-state index contributed by atoms with van der Waals surface area (Å²) in [6.07, 6.45) is 2.59. The van der Waals surface area contributed by atoms with Gasteiger partial charge in [-0.25, -0.2) is 0 Å². The largest absolute Gasteiger partial charge is 0.310 e. The molecule has 0 bridgehead atoms. The Labute approximate surface area is 106 Å². The highest BCUT2D eigenvalue weighted by molar-refractivity contribution is 5.32. The number of aryl methyl sites for hydroxylation is 2. The van der Waals surface area contributed by atoms with Crippen LogP contribution in [0.4, 0.5) is 0 Å². The van der Waals surface area contributed by atoms with Crippen molar-refractivity contribution in [1.29, 1.82) is 0 Å². The second-order valence-electron chi connectivity index (χ2n) is 5.65. The van der Waals surface area contributed by atoms with Crippen LogP contribution in [0.25, 0.3) is 0 Å². The molecule has 0 saturated heterocycles. The van der Waals surface area contributed by atoms with E-state index in [9.17, 15) is 0 Å². The van der Waals surface area contributed by atoms with Gasteiger partial charge in [-0.15, -0.1) is 0 Å². The highest BCUT2D eigenvalue weighted by Crippen LogP contribution is 2.47. The second kappa shape index (κ2) is 5.22. The van der Waals surface area contributed by atoms with Crippen molar-refractivity contribution in [3.8, 4) is 0 Å². The van der Waals surface area contributed by atoms with E-state index < -0.39 is 0 Å². The molecule has 3 atom stereocenters. The lowest BCUT2D eigenvalue weighted by Crippen LogP contribution is -2.24. The Kier molecular flexibility index (Phi) is 3.88. The molecule has 1 aliphatic rings. The predicted octanol–water partition coefficient (Wildman–Crippen LogP) is 4.00. The van der Waals surface area contributed by atoms with Crippen molar-refractivity contribution in [2.75, 3.05) is 6.54 Å². The number of hydrogen-bond donors (Lipinski definition) is 1. The third-order valence-electron chi connectivity index (χ3n) is 4.10. The SMILES string of the molecule is CCCNC(c1ccc(C)c(C)c1)C1CC1C. The van der Waals surface area contributed by atoms with E-state index >= 15 is 0 Å². The average molecular weight is 231 g/mol. The van der Waals surface area contributed by atoms with Crippen LogP contribution < -0.4 is 5.32 Å². The molecule has 1 heteroatoms. The maximum atomic E-state index is 3.72. The van der Waals surface area contributed by atoms with E-state index in [2.05, 4.69) is 51.2 Å². The minimum atomic E-state index is 0.573. The van der Waals surface area contributed by atoms with Gasteiger partial charge in [-0.05, 0) is 61.8 Å². The maximum absolute atomic E-state index is 3.72. The number of hydrogen-bond acceptors (Lipinski definition) is 1. The topological polar surface area (TPSA) is 12.0 Å². The first-order valence-electron chi connectivity index (χ1n) is 6.94. The molecule has 1 saturated carbocycles. The molecule has 17 heavy (non-hydrogen) atoms. The van der Waals surface area contributed by atoms with Crippen molar-refractivity contribution in [1.82, 2.24) is 5.32 Å². The summed E-state index contributed by atoms with van der Waals surface area (Å²) < 4.78 is 0. The molecule has 1 aromatic carbocycles. The predicted molar refractivity (Wildman–Crippen MR) is 74.2 cm³/mol. The normalized spacial score (nSPS) is 24.7. The molecule has 2 rings (SSSR count). The summed E-state index contributed by atoms with van der Waals surface area (Å²) in [5.41, 5.74) is 4.29. The number of rotatable bonds is 5. The van der Waals surface area contributed by atoms with Crippen LogP contribution in [0.15, 0.2) is 18.2 Å². The molecule has 3 unspecified atom stereocenters. The molecule has 1 nitrogen and oxygen atoms in total. The van der Waals surface area contributed by atoms with E-state index in [0.29, 0.717) is 6.04 Å². The minimum absolute atomic E-state index is 0.573. The zero-order chi connectivity index (χ0) is 12.4. The zero-order valence-corrected chi connectivity index (χ0v) is 11.6. The van der Waals surface area contributed by atoms with Gasteiger partial charge in [-0.2, -0.15) is 0 Å². The van der Waals surface area contributed by atoms with Crippen molar-refractivity contribution < 1.29 is 0 Å². The first kappa shape index (κ1) is 12.6. The summed E-state index contributed by atoms with van der Waals surface area (Å²) in [6.45, 7) is 10.1. The molecule has 0 amide bonds. The van der Waals surface area contributed by atoms with Gasteiger partial charge in [0.25, 0.3) is 0 Å². The van der Waals surface area contributed by atoms with E-state index in [0.717, 1.165) is 18.4 Å². The van der Waals surface area contributed by atoms with Gasteiger partial charge in [0, 0.05) is 6.04 Å². The standard InChI is InChI=1S/C16H25N/c1-5-8-17-16(15-10-13(15)4)14-7-6-11(2)12(3)9-14/h6-7,9,13,15-17H,5,8,10H2,1-4H3. The fraction of sp³-hybridized carbons (Fsp3) is 0.625. The molecule has 0 heterocycles. The number of nitrogens with one attached hydrogen (secondary N) is 1. The molecule has 1 fully saturated rings. The Bertz CT molecular complexity index is 383. The quantitative estimate of drug-likeness (QED) is 0.807. The van der Waals surface area contributed by atoms with Crippen LogP contribution in [0.1, 0.15) is 49.4 Å². The van der Waals surface area contributed by atoms with Gasteiger partial charge < -0.3 is 5.32 Å². The molecule has 0 aromatic heterocycles. The van der Waals surface area contributed by atoms with Crippen LogP contribution in [0.5, 0.6) is 0 Å². The Morgan fingerprint density at radius 3 is 2.53 bits per heavy atom. The molecule has 1 aromatic rings. The molecule has 0 aliphatic heterocycles. The van der Waals surface area contributed by atoms with Gasteiger partial charge in [0.15, 0.2) is 0 Å². The van der Waals surface area contributed by atoms with Gasteiger partial charge in [-0.3, -0.25) is 0 Å². The van der Waals surface area contributed by atoms with Gasteiger partial charge in [-0.1, -0.05) is 32.0 Å². The first-order valence-corrected chi connectivity index (χ1v) is 6.94. The lowest BCUT2D eigenvalue weighted by Gasteiger charge is -2.20. The van der Waals surface area contributed by atoms with E-state index in [1.807, 2.05) is 0 Å². The summed E-state index contributed by atoms with van der Waals surface area (Å²) in [4.78, 5) is 0. The smallest absolute Gasteiger partial charge is 0.0351 e. The van der Waals surface area contributed by atoms with Crippen molar-refractivity contribution in [3.05, 3.63) is 34.9 Å². The van der Waals surface area contributed by atoms with Gasteiger partial charge in [0.1, 0.15) is 0 Å². The van der Waals surface area contributed by atoms with Crippen molar-refractivity contribution >= 4 is 0 Å². The van der Waals surface area contributed by atoms with Crippen LogP contribution in [0, 0.1) is 25.7 Å². The van der Waals surface area contributed by atoms with E-state index in [4.69, 9.17) is 0 Å². The lowest BCUT2D eigenvalue weighted by atomic mass is 9.97. The Hall–Kier alpha value is -0.820. The lowest BCUT2D eigenvalue weighted by molar-refractivity contribution is 0.462. The molecular weight excluding hydrogens is 206 g/mol. The fourth-order valence-corrected chi connectivity index (χ4v) is 2.59. The Balaban J connectivity index is 2.16. The van der Waals surface area contributed by atoms with Gasteiger partial charge in [0.2, 0.25) is 0 Å². The molecule has 0 spiro atoms. The van der Waals surface area contributed by atoms with E-state index in [1.165, 1.54) is 29.5 Å². The molecule has 1 N–H and O–H groups in total. The van der Waals surface area contributed by atoms with Crippen LogP contribution in [0.2, 0.25) is 0 Å². The Morgan fingerprint density at radius 1 is 1.29 bits per heavy atom. The van der Waals surface area contributed by atoms with Crippen LogP contribution >= 0.6 is 0 Å². The van der Waals surface area contributed by atoms with E-state index in [1.54, 1.807) is 0 Å². The summed E-state index contributed by atoms with van der Waals surface area (Å²) in [5, 5.41) is 3.72. The van der Waals surface area contributed by atoms with Crippen LogP contribution in [-0.2, 0) is 0 Å². The maximum Gasteiger partial charge on any atom is 0.0351 e. The highest BCUT2D eigenvalue weighted by Gasteiger charge is 2.39. The van der Waals surface area contributed by atoms with Crippen LogP contribution in [-0.4, -0.2) is 6.54 Å².